The average molecular weight is 644 g/mol. The van der Waals surface area contributed by atoms with E-state index in [9.17, 15) is 14.4 Å². The number of para-hydroxylation sites is 1. The summed E-state index contributed by atoms with van der Waals surface area (Å²) >= 11 is 6.94. The van der Waals surface area contributed by atoms with Gasteiger partial charge in [0.1, 0.15) is 0 Å². The van der Waals surface area contributed by atoms with E-state index in [4.69, 9.17) is 0 Å². The van der Waals surface area contributed by atoms with Gasteiger partial charge in [0.2, 0.25) is 17.7 Å². The average Bonchev–Trinajstić information content (AvgIpc) is 3.37. The van der Waals surface area contributed by atoms with Gasteiger partial charge < -0.3 is 4.90 Å². The molecule has 39 heavy (non-hydrogen) atoms. The molecule has 0 aliphatic carbocycles. The van der Waals surface area contributed by atoms with Crippen LogP contribution >= 0.6 is 31.9 Å². The van der Waals surface area contributed by atoms with Crippen molar-refractivity contribution < 1.29 is 14.4 Å². The minimum absolute atomic E-state index is 0.0405. The van der Waals surface area contributed by atoms with Crippen LogP contribution in [0.2, 0.25) is 0 Å². The molecule has 194 valence electrons. The molecule has 0 N–H and O–H groups in total. The molecule has 6 rings (SSSR count). The fraction of sp³-hybridized carbons (Fsp3) is 0.156. The zero-order chi connectivity index (χ0) is 27.1. The Labute approximate surface area is 243 Å². The quantitative estimate of drug-likeness (QED) is 0.217. The van der Waals surface area contributed by atoms with Crippen LogP contribution < -0.4 is 9.80 Å². The highest BCUT2D eigenvalue weighted by Crippen LogP contribution is 2.52. The van der Waals surface area contributed by atoms with Crippen molar-refractivity contribution in [1.82, 2.24) is 0 Å². The van der Waals surface area contributed by atoms with E-state index >= 15 is 0 Å². The SMILES string of the molecule is O=C1C[C@H]([C@]2(Cc3ccc(Br)cc3)C(=O)N(Cc3ccccc3)c3ccccc32)C(=O)N1c1cccc(Br)c1. The molecule has 0 unspecified atom stereocenters. The minimum Gasteiger partial charge on any atom is -0.307 e. The maximum Gasteiger partial charge on any atom is 0.239 e. The van der Waals surface area contributed by atoms with Crippen molar-refractivity contribution in [1.29, 1.82) is 0 Å². The zero-order valence-corrected chi connectivity index (χ0v) is 24.1. The molecule has 2 heterocycles. The number of anilines is 2. The number of halogens is 2. The summed E-state index contributed by atoms with van der Waals surface area (Å²) in [7, 11) is 0. The van der Waals surface area contributed by atoms with Crippen molar-refractivity contribution in [2.45, 2.75) is 24.8 Å². The maximum absolute atomic E-state index is 14.7. The Morgan fingerprint density at radius 2 is 1.46 bits per heavy atom. The minimum atomic E-state index is -1.23. The molecule has 3 amide bonds. The first kappa shape index (κ1) is 25.7. The number of benzene rings is 4. The van der Waals surface area contributed by atoms with E-state index in [0.717, 1.165) is 31.3 Å². The van der Waals surface area contributed by atoms with E-state index < -0.39 is 11.3 Å². The molecule has 2 aliphatic heterocycles. The van der Waals surface area contributed by atoms with Gasteiger partial charge in [-0.25, -0.2) is 0 Å². The molecule has 4 aromatic rings. The topological polar surface area (TPSA) is 57.7 Å². The van der Waals surface area contributed by atoms with Gasteiger partial charge in [-0.2, -0.15) is 0 Å². The van der Waals surface area contributed by atoms with Crippen molar-refractivity contribution in [3.05, 3.63) is 129 Å². The Morgan fingerprint density at radius 3 is 2.21 bits per heavy atom. The third kappa shape index (κ3) is 4.43. The summed E-state index contributed by atoms with van der Waals surface area (Å²) in [5.74, 6) is -1.65. The van der Waals surface area contributed by atoms with Crippen LogP contribution in [-0.2, 0) is 32.8 Å². The molecular weight excluding hydrogens is 620 g/mol. The predicted octanol–water partition coefficient (Wildman–Crippen LogP) is 6.82. The summed E-state index contributed by atoms with van der Waals surface area (Å²) in [6.45, 7) is 0.378. The van der Waals surface area contributed by atoms with Crippen LogP contribution in [0.25, 0.3) is 0 Å². The first-order valence-corrected chi connectivity index (χ1v) is 14.3. The van der Waals surface area contributed by atoms with Crippen LogP contribution in [0.4, 0.5) is 11.4 Å². The van der Waals surface area contributed by atoms with E-state index in [1.807, 2.05) is 84.9 Å². The number of carbonyl (C=O) groups is 3. The van der Waals surface area contributed by atoms with E-state index in [1.54, 1.807) is 23.1 Å². The van der Waals surface area contributed by atoms with Gasteiger partial charge in [-0.3, -0.25) is 19.3 Å². The van der Waals surface area contributed by atoms with E-state index in [-0.39, 0.29) is 24.1 Å². The number of amides is 3. The van der Waals surface area contributed by atoms with Crippen LogP contribution in [0, 0.1) is 5.92 Å². The van der Waals surface area contributed by atoms with E-state index in [0.29, 0.717) is 18.7 Å². The fourth-order valence-electron chi connectivity index (χ4n) is 5.93. The first-order valence-electron chi connectivity index (χ1n) is 12.7. The monoisotopic (exact) mass is 642 g/mol. The van der Waals surface area contributed by atoms with E-state index in [1.165, 1.54) is 4.90 Å². The third-order valence-corrected chi connectivity index (χ3v) is 8.71. The number of imide groups is 1. The predicted molar refractivity (Wildman–Crippen MR) is 158 cm³/mol. The van der Waals surface area contributed by atoms with Gasteiger partial charge in [0.25, 0.3) is 0 Å². The number of rotatable bonds is 6. The number of hydrogen-bond acceptors (Lipinski definition) is 3. The summed E-state index contributed by atoms with van der Waals surface area (Å²) < 4.78 is 1.70. The number of fused-ring (bicyclic) bond motifs is 1. The summed E-state index contributed by atoms with van der Waals surface area (Å²) in [5, 5.41) is 0. The van der Waals surface area contributed by atoms with E-state index in [2.05, 4.69) is 31.9 Å². The number of nitrogens with zero attached hydrogens (tertiary/aromatic N) is 2. The molecule has 7 heteroatoms. The van der Waals surface area contributed by atoms with Crippen LogP contribution in [0.3, 0.4) is 0 Å². The van der Waals surface area contributed by atoms with Crippen molar-refractivity contribution >= 4 is 61.0 Å². The molecule has 1 fully saturated rings. The first-order chi connectivity index (χ1) is 18.9. The second kappa shape index (κ2) is 10.2. The lowest BCUT2D eigenvalue weighted by molar-refractivity contribution is -0.131. The lowest BCUT2D eigenvalue weighted by Gasteiger charge is -2.33. The Morgan fingerprint density at radius 1 is 0.744 bits per heavy atom. The van der Waals surface area contributed by atoms with Crippen molar-refractivity contribution in [3.63, 3.8) is 0 Å². The number of hydrogen-bond donors (Lipinski definition) is 0. The largest absolute Gasteiger partial charge is 0.307 e. The number of carbonyl (C=O) groups excluding carboxylic acids is 3. The lowest BCUT2D eigenvalue weighted by atomic mass is 9.66. The van der Waals surface area contributed by atoms with Crippen molar-refractivity contribution in [2.24, 2.45) is 5.92 Å². The van der Waals surface area contributed by atoms with Gasteiger partial charge in [0.15, 0.2) is 0 Å². The van der Waals surface area contributed by atoms with Gasteiger partial charge >= 0.3 is 0 Å². The molecule has 5 nitrogen and oxygen atoms in total. The van der Waals surface area contributed by atoms with Crippen LogP contribution in [0.15, 0.2) is 112 Å². The fourth-order valence-corrected chi connectivity index (χ4v) is 6.58. The van der Waals surface area contributed by atoms with Crippen LogP contribution in [0.5, 0.6) is 0 Å². The molecule has 0 bridgehead atoms. The van der Waals surface area contributed by atoms with Gasteiger partial charge in [-0.15, -0.1) is 0 Å². The molecule has 0 radical (unpaired) electrons. The molecule has 0 spiro atoms. The highest BCUT2D eigenvalue weighted by Gasteiger charge is 2.61. The molecular formula is C32H24Br2N2O3. The standard InChI is InChI=1S/C32H24Br2N2O3/c33-23-15-13-21(14-16-23)19-32(27-18-29(37)36(30(27)38)25-10-6-9-24(34)17-25)26-11-4-5-12-28(26)35(31(32)39)20-22-7-2-1-3-8-22/h1-17,27H,18-20H2/t27-,32+/m0/s1. The summed E-state index contributed by atoms with van der Waals surface area (Å²) in [4.78, 5) is 45.4. The normalized spacial score (nSPS) is 20.6. The molecule has 0 saturated carbocycles. The lowest BCUT2D eigenvalue weighted by Crippen LogP contribution is -2.50. The second-order valence-electron chi connectivity index (χ2n) is 9.97. The van der Waals surface area contributed by atoms with Gasteiger partial charge in [-0.05, 0) is 59.5 Å². The van der Waals surface area contributed by atoms with Gasteiger partial charge in [-0.1, -0.05) is 98.6 Å². The molecule has 2 atom stereocenters. The highest BCUT2D eigenvalue weighted by molar-refractivity contribution is 9.10. The smallest absolute Gasteiger partial charge is 0.239 e. The summed E-state index contributed by atoms with van der Waals surface area (Å²) in [6, 6.07) is 32.5. The Hall–Kier alpha value is -3.55. The second-order valence-corrected chi connectivity index (χ2v) is 11.8. The van der Waals surface area contributed by atoms with Crippen LogP contribution in [-0.4, -0.2) is 17.7 Å². The van der Waals surface area contributed by atoms with Gasteiger partial charge in [0.05, 0.1) is 23.6 Å². The third-order valence-electron chi connectivity index (χ3n) is 7.69. The highest BCUT2D eigenvalue weighted by atomic mass is 79.9. The molecule has 4 aromatic carbocycles. The summed E-state index contributed by atoms with van der Waals surface area (Å²) in [6.07, 6.45) is 0.262. The molecule has 1 saturated heterocycles. The van der Waals surface area contributed by atoms with Crippen LogP contribution in [0.1, 0.15) is 23.1 Å². The maximum atomic E-state index is 14.7. The Balaban J connectivity index is 1.50. The Kier molecular flexibility index (Phi) is 6.73. The zero-order valence-electron chi connectivity index (χ0n) is 20.9. The molecule has 2 aliphatic rings. The van der Waals surface area contributed by atoms with Gasteiger partial charge in [0, 0.05) is 21.1 Å². The molecule has 0 aromatic heterocycles. The Bertz CT molecular complexity index is 1590. The summed E-state index contributed by atoms with van der Waals surface area (Å²) in [5.41, 5.74) is 2.75. The van der Waals surface area contributed by atoms with Crippen molar-refractivity contribution in [3.8, 4) is 0 Å². The van der Waals surface area contributed by atoms with Crippen molar-refractivity contribution in [2.75, 3.05) is 9.80 Å².